The fourth-order valence-corrected chi connectivity index (χ4v) is 5.90. The van der Waals surface area contributed by atoms with E-state index in [0.717, 1.165) is 34.5 Å². The smallest absolute Gasteiger partial charge is 1.00 e. The minimum absolute atomic E-state index is 0. The fraction of sp³-hybridized carbons (Fsp3) is 0.351. The van der Waals surface area contributed by atoms with Gasteiger partial charge < -0.3 is 31.5 Å². The van der Waals surface area contributed by atoms with Crippen LogP contribution >= 0.6 is 0 Å². The van der Waals surface area contributed by atoms with Crippen LogP contribution in [0.2, 0.25) is 0 Å². The molecular weight excluding hydrogens is 608 g/mol. The molecule has 4 rings (SSSR count). The van der Waals surface area contributed by atoms with Crippen LogP contribution in [0.25, 0.3) is 22.3 Å². The number of benzene rings is 3. The number of carboxylic acid groups (broad SMARTS) is 1. The van der Waals surface area contributed by atoms with E-state index in [9.17, 15) is 24.2 Å². The van der Waals surface area contributed by atoms with Crippen molar-refractivity contribution in [3.8, 4) is 22.3 Å². The number of nitrogens with zero attached hydrogens (tertiary/aromatic N) is 2. The van der Waals surface area contributed by atoms with E-state index in [4.69, 9.17) is 5.11 Å². The number of aliphatic hydroxyl groups is 2. The van der Waals surface area contributed by atoms with Gasteiger partial charge in [0.2, 0.25) is 0 Å². The molecule has 0 aliphatic carbocycles. The molecule has 0 saturated heterocycles. The Morgan fingerprint density at radius 1 is 0.872 bits per heavy atom. The van der Waals surface area contributed by atoms with Crippen LogP contribution in [0, 0.1) is 5.82 Å². The number of carboxylic acids is 1. The molecule has 1 aromatic heterocycles. The molecule has 47 heavy (non-hydrogen) atoms. The summed E-state index contributed by atoms with van der Waals surface area (Å²) in [4.78, 5) is 27.4. The van der Waals surface area contributed by atoms with Crippen molar-refractivity contribution >= 4 is 11.9 Å². The number of carbonyl (C=O) groups excluding carboxylic acids is 1. The van der Waals surface area contributed by atoms with Crippen molar-refractivity contribution in [3.05, 3.63) is 107 Å². The molecule has 246 valence electrons. The molecule has 0 saturated carbocycles. The first-order chi connectivity index (χ1) is 21.9. The largest absolute Gasteiger partial charge is 1.00 e. The molecular formula is C37H45FN3NaO5. The van der Waals surface area contributed by atoms with E-state index < -0.39 is 24.6 Å². The van der Waals surface area contributed by atoms with Gasteiger partial charge in [-0.1, -0.05) is 66.7 Å². The predicted molar refractivity (Wildman–Crippen MR) is 179 cm³/mol. The molecule has 0 fully saturated rings. The number of aliphatic carboxylic acids is 1. The number of carbonyl (C=O) groups is 2. The number of halogens is 1. The Hall–Kier alpha value is -3.31. The van der Waals surface area contributed by atoms with Crippen LogP contribution in [0.3, 0.4) is 0 Å². The second kappa shape index (κ2) is 17.7. The Balaban J connectivity index is 0.00000400. The Bertz CT molecular complexity index is 1610. The van der Waals surface area contributed by atoms with Gasteiger partial charge in [-0.25, -0.2) is 4.39 Å². The Labute approximate surface area is 300 Å². The summed E-state index contributed by atoms with van der Waals surface area (Å²) in [5, 5.41) is 33.1. The second-order valence-corrected chi connectivity index (χ2v) is 12.3. The molecule has 8 nitrogen and oxygen atoms in total. The van der Waals surface area contributed by atoms with E-state index in [2.05, 4.69) is 22.3 Å². The van der Waals surface area contributed by atoms with Crippen LogP contribution in [-0.2, 0) is 24.3 Å². The van der Waals surface area contributed by atoms with E-state index in [0.29, 0.717) is 24.2 Å². The third kappa shape index (κ3) is 10.3. The van der Waals surface area contributed by atoms with Crippen molar-refractivity contribution < 1.29 is 60.3 Å². The molecule has 0 unspecified atom stereocenters. The first-order valence-electron chi connectivity index (χ1n) is 15.6. The van der Waals surface area contributed by atoms with Crippen molar-refractivity contribution in [2.75, 3.05) is 14.1 Å². The average Bonchev–Trinajstić information content (AvgIpc) is 3.35. The number of rotatable bonds is 15. The minimum Gasteiger partial charge on any atom is -1.00 e. The van der Waals surface area contributed by atoms with Crippen LogP contribution in [0.15, 0.2) is 78.9 Å². The fourth-order valence-electron chi connectivity index (χ4n) is 5.90. The second-order valence-electron chi connectivity index (χ2n) is 12.3. The third-order valence-corrected chi connectivity index (χ3v) is 7.88. The summed E-state index contributed by atoms with van der Waals surface area (Å²) < 4.78 is 16.1. The van der Waals surface area contributed by atoms with Crippen LogP contribution in [0.5, 0.6) is 0 Å². The SMILES string of the molecule is CC(C)n1c(CC[C@@H](O)C[C@@H](O)CC(=O)O)c(-c2ccc(F)cc2)c(-c2ccccc2)c1C(=O)NCc1ccc(CN(C)C)cc1.[H-].[Na+]. The van der Waals surface area contributed by atoms with Gasteiger partial charge in [-0.2, -0.15) is 0 Å². The zero-order chi connectivity index (χ0) is 33.4. The maximum absolute atomic E-state index is 14.3. The minimum atomic E-state index is -1.18. The summed E-state index contributed by atoms with van der Waals surface area (Å²) in [5.41, 5.74) is 6.38. The number of amides is 1. The van der Waals surface area contributed by atoms with Gasteiger partial charge in [0, 0.05) is 36.0 Å². The number of hydrogen-bond donors (Lipinski definition) is 4. The van der Waals surface area contributed by atoms with E-state index in [-0.39, 0.29) is 61.6 Å². The summed E-state index contributed by atoms with van der Waals surface area (Å²) in [6.45, 7) is 5.11. The molecule has 1 amide bonds. The number of hydrogen-bond acceptors (Lipinski definition) is 5. The summed E-state index contributed by atoms with van der Waals surface area (Å²) in [7, 11) is 4.03. The maximum Gasteiger partial charge on any atom is 1.00 e. The number of aliphatic hydroxyl groups excluding tert-OH is 2. The van der Waals surface area contributed by atoms with Crippen LogP contribution in [0.1, 0.15) is 67.9 Å². The molecule has 0 radical (unpaired) electrons. The maximum atomic E-state index is 14.3. The predicted octanol–water partition coefficient (Wildman–Crippen LogP) is 3.17. The van der Waals surface area contributed by atoms with Crippen molar-refractivity contribution in [2.24, 2.45) is 0 Å². The van der Waals surface area contributed by atoms with Gasteiger partial charge in [0.15, 0.2) is 0 Å². The van der Waals surface area contributed by atoms with E-state index in [1.54, 1.807) is 12.1 Å². The summed E-state index contributed by atoms with van der Waals surface area (Å²) >= 11 is 0. The Morgan fingerprint density at radius 3 is 2.04 bits per heavy atom. The first kappa shape index (κ1) is 38.1. The molecule has 0 aliphatic rings. The van der Waals surface area contributed by atoms with Gasteiger partial charge in [-0.3, -0.25) is 9.59 Å². The van der Waals surface area contributed by atoms with Crippen LogP contribution in [0.4, 0.5) is 4.39 Å². The zero-order valence-corrected chi connectivity index (χ0v) is 29.9. The average molecular weight is 654 g/mol. The van der Waals surface area contributed by atoms with Crippen molar-refractivity contribution in [3.63, 3.8) is 0 Å². The van der Waals surface area contributed by atoms with Crippen molar-refractivity contribution in [1.29, 1.82) is 0 Å². The quantitative estimate of drug-likeness (QED) is 0.147. The van der Waals surface area contributed by atoms with E-state index in [1.165, 1.54) is 17.7 Å². The first-order valence-corrected chi connectivity index (χ1v) is 15.6. The van der Waals surface area contributed by atoms with E-state index >= 15 is 0 Å². The molecule has 4 N–H and O–H groups in total. The molecule has 2 atom stereocenters. The molecule has 0 aliphatic heterocycles. The third-order valence-electron chi connectivity index (χ3n) is 7.88. The molecule has 0 spiro atoms. The Morgan fingerprint density at radius 2 is 1.47 bits per heavy atom. The van der Waals surface area contributed by atoms with Gasteiger partial charge in [0.1, 0.15) is 11.5 Å². The van der Waals surface area contributed by atoms with Crippen molar-refractivity contribution in [2.45, 2.75) is 70.9 Å². The normalized spacial score (nSPS) is 12.5. The molecule has 10 heteroatoms. The summed E-state index contributed by atoms with van der Waals surface area (Å²) in [5.74, 6) is -1.79. The summed E-state index contributed by atoms with van der Waals surface area (Å²) in [6.07, 6.45) is -2.16. The van der Waals surface area contributed by atoms with Crippen LogP contribution in [-0.4, -0.2) is 63.0 Å². The zero-order valence-electron chi connectivity index (χ0n) is 28.9. The number of aromatic nitrogens is 1. The van der Waals surface area contributed by atoms with Crippen molar-refractivity contribution in [1.82, 2.24) is 14.8 Å². The summed E-state index contributed by atoms with van der Waals surface area (Å²) in [6, 6.07) is 23.7. The topological polar surface area (TPSA) is 115 Å². The van der Waals surface area contributed by atoms with E-state index in [1.807, 2.05) is 75.0 Å². The van der Waals surface area contributed by atoms with Gasteiger partial charge in [0.25, 0.3) is 5.91 Å². The van der Waals surface area contributed by atoms with Gasteiger partial charge in [0.05, 0.1) is 18.6 Å². The van der Waals surface area contributed by atoms with Gasteiger partial charge in [-0.05, 0) is 81.6 Å². The van der Waals surface area contributed by atoms with Crippen LogP contribution < -0.4 is 34.9 Å². The molecule has 4 aromatic rings. The standard InChI is InChI=1S/C37H44FN3O5.Na.H/c1-24(2)41-32(19-18-30(42)20-31(43)21-33(44)45)34(28-14-16-29(38)17-15-28)35(27-8-6-5-7-9-27)36(41)37(46)39-22-25-10-12-26(13-11-25)23-40(3)4;;/h5-17,24,30-31,42-43H,18-23H2,1-4H3,(H,39,46)(H,44,45);;/q;+1;-1/t30-,31-;;/m1../s1. The Kier molecular flexibility index (Phi) is 14.4. The molecule has 3 aromatic carbocycles. The van der Waals surface area contributed by atoms with Gasteiger partial charge >= 0.3 is 35.5 Å². The van der Waals surface area contributed by atoms with Gasteiger partial charge in [-0.15, -0.1) is 0 Å². The number of nitrogens with one attached hydrogen (secondary N) is 1. The molecule has 0 bridgehead atoms. The molecule has 1 heterocycles. The monoisotopic (exact) mass is 653 g/mol.